The van der Waals surface area contributed by atoms with Crippen molar-refractivity contribution in [2.24, 2.45) is 0 Å². The zero-order chi connectivity index (χ0) is 24.0. The van der Waals surface area contributed by atoms with Crippen LogP contribution < -0.4 is 16.1 Å². The quantitative estimate of drug-likeness (QED) is 0.278. The van der Waals surface area contributed by atoms with Crippen LogP contribution in [0.25, 0.3) is 11.1 Å². The van der Waals surface area contributed by atoms with Crippen molar-refractivity contribution >= 4 is 29.4 Å². The van der Waals surface area contributed by atoms with E-state index in [0.29, 0.717) is 22.4 Å². The molecule has 3 amide bonds. The van der Waals surface area contributed by atoms with E-state index < -0.39 is 24.3 Å². The minimum absolute atomic E-state index is 0.144. The summed E-state index contributed by atoms with van der Waals surface area (Å²) in [7, 11) is 0. The number of hydrogen-bond acceptors (Lipinski definition) is 5. The molecular weight excluding hydrogens is 426 g/mol. The smallest absolute Gasteiger partial charge is 0.322 e. The molecule has 0 bridgehead atoms. The Kier molecular flexibility index (Phi) is 7.17. The Bertz CT molecular complexity index is 1200. The number of rotatable bonds is 7. The van der Waals surface area contributed by atoms with E-state index in [0.717, 1.165) is 5.56 Å². The van der Waals surface area contributed by atoms with Gasteiger partial charge in [0.1, 0.15) is 6.54 Å². The van der Waals surface area contributed by atoms with Crippen molar-refractivity contribution in [2.75, 3.05) is 11.9 Å². The summed E-state index contributed by atoms with van der Waals surface area (Å²) in [5.74, 6) is -2.86. The molecule has 0 saturated carbocycles. The number of carboxylic acids is 1. The van der Waals surface area contributed by atoms with E-state index in [1.807, 2.05) is 6.92 Å². The minimum atomic E-state index is -1.19. The average Bonchev–Trinajstić information content (AvgIpc) is 2.82. The number of benzene rings is 3. The van der Waals surface area contributed by atoms with Crippen LogP contribution in [0.4, 0.5) is 5.69 Å². The largest absolute Gasteiger partial charge is 0.480 e. The number of hydrogen-bond donors (Lipinski definition) is 5. The number of carbonyl (C=O) groups is 4. The van der Waals surface area contributed by atoms with Crippen LogP contribution in [0.1, 0.15) is 36.6 Å². The van der Waals surface area contributed by atoms with Crippen LogP contribution in [0.2, 0.25) is 0 Å². The molecule has 9 heteroatoms. The molecule has 0 unspecified atom stereocenters. The highest BCUT2D eigenvalue weighted by molar-refractivity contribution is 6.06. The molecule has 9 nitrogen and oxygen atoms in total. The first-order valence-corrected chi connectivity index (χ1v) is 9.85. The Morgan fingerprint density at radius 1 is 0.727 bits per heavy atom. The predicted molar refractivity (Wildman–Crippen MR) is 120 cm³/mol. The van der Waals surface area contributed by atoms with Gasteiger partial charge in [-0.15, -0.1) is 0 Å². The second-order valence-corrected chi connectivity index (χ2v) is 7.21. The fourth-order valence-corrected chi connectivity index (χ4v) is 3.04. The topological polar surface area (TPSA) is 145 Å². The Morgan fingerprint density at radius 3 is 1.94 bits per heavy atom. The maximum atomic E-state index is 12.7. The first kappa shape index (κ1) is 23.2. The summed E-state index contributed by atoms with van der Waals surface area (Å²) in [6, 6.07) is 17.8. The molecule has 168 valence electrons. The molecule has 0 radical (unpaired) electrons. The molecule has 5 N–H and O–H groups in total. The van der Waals surface area contributed by atoms with Crippen LogP contribution in [0.3, 0.4) is 0 Å². The lowest BCUT2D eigenvalue weighted by atomic mass is 10.00. The molecule has 0 aliphatic heterocycles. The molecule has 0 spiro atoms. The number of hydroxylamine groups is 1. The van der Waals surface area contributed by atoms with Gasteiger partial charge in [-0.05, 0) is 60.5 Å². The first-order chi connectivity index (χ1) is 15.8. The third-order valence-electron chi connectivity index (χ3n) is 4.75. The van der Waals surface area contributed by atoms with E-state index in [4.69, 9.17) is 10.3 Å². The summed E-state index contributed by atoms with van der Waals surface area (Å²) in [5, 5.41) is 22.6. The van der Waals surface area contributed by atoms with Crippen LogP contribution in [-0.4, -0.2) is 40.5 Å². The molecule has 0 atom stereocenters. The zero-order valence-electron chi connectivity index (χ0n) is 17.6. The number of anilines is 1. The van der Waals surface area contributed by atoms with Crippen LogP contribution in [0, 0.1) is 6.92 Å². The fraction of sp³-hybridized carbons (Fsp3) is 0.0833. The van der Waals surface area contributed by atoms with Gasteiger partial charge in [0.05, 0.1) is 0 Å². The van der Waals surface area contributed by atoms with E-state index in [1.165, 1.54) is 18.2 Å². The number of aryl methyl sites for hydroxylation is 1. The summed E-state index contributed by atoms with van der Waals surface area (Å²) < 4.78 is 0. The molecule has 0 heterocycles. The van der Waals surface area contributed by atoms with E-state index >= 15 is 0 Å². The lowest BCUT2D eigenvalue weighted by molar-refractivity contribution is -0.135. The lowest BCUT2D eigenvalue weighted by Crippen LogP contribution is -2.29. The Morgan fingerprint density at radius 2 is 1.33 bits per heavy atom. The van der Waals surface area contributed by atoms with Gasteiger partial charge in [-0.2, -0.15) is 0 Å². The van der Waals surface area contributed by atoms with Gasteiger partial charge >= 0.3 is 5.97 Å². The van der Waals surface area contributed by atoms with Crippen molar-refractivity contribution in [2.45, 2.75) is 6.92 Å². The highest BCUT2D eigenvalue weighted by atomic mass is 16.5. The molecular formula is C24H21N3O6. The number of carbonyl (C=O) groups excluding carboxylic acids is 3. The molecule has 3 aromatic rings. The number of amides is 3. The number of nitrogens with one attached hydrogen (secondary N) is 3. The van der Waals surface area contributed by atoms with Gasteiger partial charge in [0.25, 0.3) is 17.7 Å². The molecule has 3 aromatic carbocycles. The minimum Gasteiger partial charge on any atom is -0.480 e. The van der Waals surface area contributed by atoms with Gasteiger partial charge in [-0.1, -0.05) is 29.8 Å². The Hall–Kier alpha value is -4.50. The van der Waals surface area contributed by atoms with Crippen LogP contribution >= 0.6 is 0 Å². The van der Waals surface area contributed by atoms with Crippen molar-refractivity contribution in [3.8, 4) is 11.1 Å². The van der Waals surface area contributed by atoms with Crippen molar-refractivity contribution in [1.29, 1.82) is 0 Å². The maximum absolute atomic E-state index is 12.7. The standard InChI is InChI=1S/C24H21N3O6/c1-14-2-4-16(5-3-14)23(31)26-20-11-18(10-19(12-20)22(30)25-13-21(28)29)15-6-8-17(9-7-15)24(32)27-33/h2-12,33H,13H2,1H3,(H,25,30)(H,26,31)(H,27,32)(H,28,29). The van der Waals surface area contributed by atoms with Gasteiger partial charge in [-0.25, -0.2) is 5.48 Å². The summed E-state index contributed by atoms with van der Waals surface area (Å²) >= 11 is 0. The van der Waals surface area contributed by atoms with Gasteiger partial charge in [0, 0.05) is 22.4 Å². The molecule has 0 aliphatic carbocycles. The van der Waals surface area contributed by atoms with Gasteiger partial charge in [-0.3, -0.25) is 24.4 Å². The second-order valence-electron chi connectivity index (χ2n) is 7.21. The average molecular weight is 447 g/mol. The van der Waals surface area contributed by atoms with E-state index in [9.17, 15) is 19.2 Å². The first-order valence-electron chi connectivity index (χ1n) is 9.85. The predicted octanol–water partition coefficient (Wildman–Crippen LogP) is 2.85. The second kappa shape index (κ2) is 10.2. The molecule has 0 fully saturated rings. The third-order valence-corrected chi connectivity index (χ3v) is 4.75. The molecule has 33 heavy (non-hydrogen) atoms. The number of aliphatic carboxylic acids is 1. The Labute approximate surface area is 189 Å². The van der Waals surface area contributed by atoms with E-state index in [-0.39, 0.29) is 17.0 Å². The molecule has 0 saturated heterocycles. The third kappa shape index (κ3) is 6.02. The molecule has 0 aromatic heterocycles. The van der Waals surface area contributed by atoms with E-state index in [2.05, 4.69) is 10.6 Å². The highest BCUT2D eigenvalue weighted by Crippen LogP contribution is 2.26. The summed E-state index contributed by atoms with van der Waals surface area (Å²) in [6.45, 7) is 1.35. The van der Waals surface area contributed by atoms with Crippen molar-refractivity contribution < 1.29 is 29.5 Å². The molecule has 3 rings (SSSR count). The molecule has 0 aliphatic rings. The number of carboxylic acid groups (broad SMARTS) is 1. The summed E-state index contributed by atoms with van der Waals surface area (Å²) in [6.07, 6.45) is 0. The van der Waals surface area contributed by atoms with Gasteiger partial charge in [0.2, 0.25) is 0 Å². The fourth-order valence-electron chi connectivity index (χ4n) is 3.04. The Balaban J connectivity index is 1.96. The van der Waals surface area contributed by atoms with Crippen molar-refractivity contribution in [3.05, 3.63) is 89.0 Å². The summed E-state index contributed by atoms with van der Waals surface area (Å²) in [4.78, 5) is 47.5. The van der Waals surface area contributed by atoms with Crippen LogP contribution in [0.5, 0.6) is 0 Å². The van der Waals surface area contributed by atoms with Crippen molar-refractivity contribution in [3.63, 3.8) is 0 Å². The zero-order valence-corrected chi connectivity index (χ0v) is 17.6. The van der Waals surface area contributed by atoms with Gasteiger partial charge < -0.3 is 15.7 Å². The normalized spacial score (nSPS) is 10.2. The van der Waals surface area contributed by atoms with E-state index in [1.54, 1.807) is 54.0 Å². The lowest BCUT2D eigenvalue weighted by Gasteiger charge is -2.12. The highest BCUT2D eigenvalue weighted by Gasteiger charge is 2.14. The van der Waals surface area contributed by atoms with Gasteiger partial charge in [0.15, 0.2) is 0 Å². The van der Waals surface area contributed by atoms with Crippen LogP contribution in [0.15, 0.2) is 66.7 Å². The van der Waals surface area contributed by atoms with Crippen molar-refractivity contribution in [1.82, 2.24) is 10.8 Å². The monoisotopic (exact) mass is 447 g/mol. The maximum Gasteiger partial charge on any atom is 0.322 e. The SMILES string of the molecule is Cc1ccc(C(=O)Nc2cc(C(=O)NCC(=O)O)cc(-c3ccc(C(=O)NO)cc3)c2)cc1. The van der Waals surface area contributed by atoms with Crippen LogP contribution in [-0.2, 0) is 4.79 Å². The summed E-state index contributed by atoms with van der Waals surface area (Å²) in [5.41, 5.74) is 4.86.